The Hall–Kier alpha value is -1.57. The number of benzene rings is 1. The molecule has 1 aromatic rings. The fraction of sp³-hybridized carbons (Fsp3) is 0.763. The average Bonchev–Trinajstić information content (AvgIpc) is 3.26. The molecular weight excluding hydrogens is 488 g/mol. The van der Waals surface area contributed by atoms with Gasteiger partial charge in [0.1, 0.15) is 5.75 Å². The molecule has 0 radical (unpaired) electrons. The Morgan fingerprint density at radius 3 is 2.17 bits per heavy atom. The molecule has 0 bridgehead atoms. The van der Waals surface area contributed by atoms with Gasteiger partial charge in [0.25, 0.3) is 0 Å². The van der Waals surface area contributed by atoms with E-state index >= 15 is 0 Å². The largest absolute Gasteiger partial charge is 0.497 e. The lowest BCUT2D eigenvalue weighted by atomic mass is 9.32. The first-order chi connectivity index (χ1) is 18.7. The molecule has 5 aliphatic rings. The maximum absolute atomic E-state index is 14.1. The fourth-order valence-electron chi connectivity index (χ4n) is 12.6. The molecule has 6 rings (SSSR count). The van der Waals surface area contributed by atoms with E-state index in [2.05, 4.69) is 73.6 Å². The van der Waals surface area contributed by atoms with Gasteiger partial charge in [0.05, 0.1) is 7.11 Å². The van der Waals surface area contributed by atoms with Crippen molar-refractivity contribution in [3.8, 4) is 5.75 Å². The molecule has 0 N–H and O–H groups in total. The summed E-state index contributed by atoms with van der Waals surface area (Å²) in [7, 11) is 1.71. The van der Waals surface area contributed by atoms with Crippen LogP contribution in [0.25, 0.3) is 6.08 Å². The molecule has 1 aromatic carbocycles. The Bertz CT molecular complexity index is 1190. The Labute approximate surface area is 245 Å². The van der Waals surface area contributed by atoms with Crippen LogP contribution in [0, 0.1) is 62.6 Å². The van der Waals surface area contributed by atoms with Crippen molar-refractivity contribution in [2.75, 3.05) is 7.11 Å². The molecule has 5 fully saturated rings. The number of ether oxygens (including phenoxy) is 1. The van der Waals surface area contributed by atoms with E-state index in [0.717, 1.165) is 47.0 Å². The zero-order valence-electron chi connectivity index (χ0n) is 27.0. The van der Waals surface area contributed by atoms with Crippen LogP contribution in [-0.2, 0) is 4.79 Å². The quantitative estimate of drug-likeness (QED) is 0.354. The van der Waals surface area contributed by atoms with Crippen LogP contribution >= 0.6 is 0 Å². The maximum atomic E-state index is 14.1. The third kappa shape index (κ3) is 3.75. The minimum absolute atomic E-state index is 0.157. The number of rotatable bonds is 3. The van der Waals surface area contributed by atoms with Crippen molar-refractivity contribution >= 4 is 11.9 Å². The maximum Gasteiger partial charge on any atom is 0.164 e. The number of fused-ring (bicyclic) bond motifs is 7. The van der Waals surface area contributed by atoms with Gasteiger partial charge in [-0.25, -0.2) is 0 Å². The Morgan fingerprint density at radius 1 is 0.825 bits per heavy atom. The van der Waals surface area contributed by atoms with Crippen molar-refractivity contribution in [3.63, 3.8) is 0 Å². The van der Waals surface area contributed by atoms with E-state index in [-0.39, 0.29) is 10.8 Å². The van der Waals surface area contributed by atoms with Gasteiger partial charge in [0, 0.05) is 5.41 Å². The van der Waals surface area contributed by atoms with Gasteiger partial charge in [-0.1, -0.05) is 67.5 Å². The molecule has 220 valence electrons. The predicted molar refractivity (Wildman–Crippen MR) is 166 cm³/mol. The van der Waals surface area contributed by atoms with Crippen molar-refractivity contribution in [1.82, 2.24) is 0 Å². The van der Waals surface area contributed by atoms with Crippen LogP contribution in [0.2, 0.25) is 0 Å². The van der Waals surface area contributed by atoms with E-state index < -0.39 is 0 Å². The second-order valence-electron chi connectivity index (χ2n) is 17.0. The van der Waals surface area contributed by atoms with Crippen LogP contribution in [-0.4, -0.2) is 12.9 Å². The van der Waals surface area contributed by atoms with Gasteiger partial charge in [-0.3, -0.25) is 4.79 Å². The Morgan fingerprint density at radius 2 is 1.52 bits per heavy atom. The first-order valence-electron chi connectivity index (χ1n) is 16.6. The van der Waals surface area contributed by atoms with Gasteiger partial charge in [-0.15, -0.1) is 0 Å². The molecule has 2 nitrogen and oxygen atoms in total. The normalized spacial score (nSPS) is 46.9. The highest BCUT2D eigenvalue weighted by molar-refractivity contribution is 6.04. The summed E-state index contributed by atoms with van der Waals surface area (Å²) in [6.07, 6.45) is 14.1. The predicted octanol–water partition coefficient (Wildman–Crippen LogP) is 10.0. The third-order valence-electron chi connectivity index (χ3n) is 14.8. The fourth-order valence-corrected chi connectivity index (χ4v) is 12.6. The number of hydrogen-bond acceptors (Lipinski definition) is 2. The lowest BCUT2D eigenvalue weighted by molar-refractivity contribution is -0.230. The molecule has 5 aliphatic carbocycles. The van der Waals surface area contributed by atoms with Crippen LogP contribution in [0.1, 0.15) is 119 Å². The van der Waals surface area contributed by atoms with Gasteiger partial charge in [-0.2, -0.15) is 0 Å². The van der Waals surface area contributed by atoms with Gasteiger partial charge in [-0.05, 0) is 144 Å². The van der Waals surface area contributed by atoms with E-state index in [1.165, 1.54) is 51.4 Å². The lowest BCUT2D eigenvalue weighted by Crippen LogP contribution is -2.66. The number of allylic oxidation sites excluding steroid dienone is 1. The first-order valence-corrected chi connectivity index (χ1v) is 16.6. The Kier molecular flexibility index (Phi) is 6.57. The summed E-state index contributed by atoms with van der Waals surface area (Å²) in [5, 5.41) is 0. The minimum atomic E-state index is -0.316. The highest BCUT2D eigenvalue weighted by Gasteiger charge is 2.70. The van der Waals surface area contributed by atoms with Crippen LogP contribution in [0.3, 0.4) is 0 Å². The summed E-state index contributed by atoms with van der Waals surface area (Å²) in [4.78, 5) is 14.1. The number of carbonyl (C=O) groups is 1. The molecule has 0 saturated heterocycles. The highest BCUT2D eigenvalue weighted by atomic mass is 16.5. The topological polar surface area (TPSA) is 26.3 Å². The van der Waals surface area contributed by atoms with Crippen molar-refractivity contribution in [1.29, 1.82) is 0 Å². The zero-order valence-corrected chi connectivity index (χ0v) is 27.0. The molecule has 5 saturated carbocycles. The summed E-state index contributed by atoms with van der Waals surface area (Å²) in [6.45, 7) is 20.3. The molecule has 0 heterocycles. The van der Waals surface area contributed by atoms with Crippen molar-refractivity contribution in [2.24, 2.45) is 62.6 Å². The lowest BCUT2D eigenvalue weighted by Gasteiger charge is -2.72. The third-order valence-corrected chi connectivity index (χ3v) is 14.8. The summed E-state index contributed by atoms with van der Waals surface area (Å²) in [6, 6.07) is 8.23. The van der Waals surface area contributed by atoms with E-state index in [1.807, 2.05) is 12.1 Å². The number of ketones is 1. The van der Waals surface area contributed by atoms with Crippen LogP contribution in [0.5, 0.6) is 5.75 Å². The summed E-state index contributed by atoms with van der Waals surface area (Å²) < 4.78 is 5.39. The smallest absolute Gasteiger partial charge is 0.164 e. The monoisotopic (exact) mass is 544 g/mol. The SMILES string of the molecule is COc1ccc(/C=C2/C[C@@]3(C)[C@@H](CC[C@@]4(C)[C@H]3CC[C@@H]3[C@H]5[C@H](C(C)C)CC[C@@]5(C)CC[C@]34C)C(C)(C)C2=O)cc1. The van der Waals surface area contributed by atoms with E-state index in [0.29, 0.717) is 33.9 Å². The second kappa shape index (κ2) is 9.21. The summed E-state index contributed by atoms with van der Waals surface area (Å²) >= 11 is 0. The van der Waals surface area contributed by atoms with E-state index in [4.69, 9.17) is 4.74 Å². The average molecular weight is 545 g/mol. The molecule has 0 amide bonds. The Balaban J connectivity index is 1.38. The standard InChI is InChI=1S/C38H56O2/c1-24(2)28-16-18-35(5)20-21-37(7)29(32(28)35)14-15-31-36(6)23-26(22-25-10-12-27(40-9)13-11-25)33(39)34(3,4)30(36)17-19-38(31,37)8/h10-13,22,24,28-32H,14-21,23H2,1-9H3/b26-22-/t28-,29+,30-,31-,32+,35-,36-,37+,38-/m0/s1. The molecular formula is C38H56O2. The minimum Gasteiger partial charge on any atom is -0.497 e. The molecule has 9 atom stereocenters. The number of Topliss-reactive ketones (excluding diaryl/α,β-unsaturated/α-hetero) is 1. The second-order valence-corrected chi connectivity index (χ2v) is 17.0. The van der Waals surface area contributed by atoms with E-state index in [1.54, 1.807) is 7.11 Å². The molecule has 0 aromatic heterocycles. The summed E-state index contributed by atoms with van der Waals surface area (Å²) in [5.41, 5.74) is 3.30. The van der Waals surface area contributed by atoms with Gasteiger partial charge in [0.2, 0.25) is 0 Å². The van der Waals surface area contributed by atoms with Crippen molar-refractivity contribution in [2.45, 2.75) is 113 Å². The van der Waals surface area contributed by atoms with Crippen LogP contribution in [0.4, 0.5) is 0 Å². The number of methoxy groups -OCH3 is 1. The molecule has 0 spiro atoms. The summed E-state index contributed by atoms with van der Waals surface area (Å²) in [5.74, 6) is 5.82. The molecule has 40 heavy (non-hydrogen) atoms. The van der Waals surface area contributed by atoms with E-state index in [9.17, 15) is 4.79 Å². The van der Waals surface area contributed by atoms with Gasteiger partial charge in [0.15, 0.2) is 5.78 Å². The van der Waals surface area contributed by atoms with Gasteiger partial charge >= 0.3 is 0 Å². The van der Waals surface area contributed by atoms with Crippen molar-refractivity contribution < 1.29 is 9.53 Å². The van der Waals surface area contributed by atoms with Crippen LogP contribution < -0.4 is 4.74 Å². The number of carbonyl (C=O) groups excluding carboxylic acids is 1. The number of hydrogen-bond donors (Lipinski definition) is 0. The highest BCUT2D eigenvalue weighted by Crippen LogP contribution is 2.77. The molecule has 0 aliphatic heterocycles. The van der Waals surface area contributed by atoms with Crippen molar-refractivity contribution in [3.05, 3.63) is 35.4 Å². The first kappa shape index (κ1) is 28.5. The van der Waals surface area contributed by atoms with Gasteiger partial charge < -0.3 is 4.74 Å². The zero-order chi connectivity index (χ0) is 28.9. The van der Waals surface area contributed by atoms with Crippen LogP contribution in [0.15, 0.2) is 29.8 Å². The molecule has 2 heteroatoms. The molecule has 0 unspecified atom stereocenters.